The predicted molar refractivity (Wildman–Crippen MR) is 96.4 cm³/mol. The first-order valence-electron chi connectivity index (χ1n) is 8.17. The quantitative estimate of drug-likeness (QED) is 0.504. The lowest BCUT2D eigenvalue weighted by atomic mass is 10.1. The van der Waals surface area contributed by atoms with E-state index in [4.69, 9.17) is 0 Å². The molecule has 2 aromatic rings. The smallest absolute Gasteiger partial charge is 0.279 e. The van der Waals surface area contributed by atoms with Crippen LogP contribution in [0.3, 0.4) is 0 Å². The number of nitro benzene ring substituents is 1. The number of carbonyl (C=O) groups is 1. The van der Waals surface area contributed by atoms with Gasteiger partial charge in [0.05, 0.1) is 28.4 Å². The molecule has 1 aromatic carbocycles. The molecule has 1 amide bonds. The fourth-order valence-corrected chi connectivity index (χ4v) is 2.76. The average molecular weight is 356 g/mol. The lowest BCUT2D eigenvalue weighted by Gasteiger charge is -2.16. The molecule has 1 aliphatic heterocycles. The lowest BCUT2D eigenvalue weighted by Crippen LogP contribution is -2.19. The maximum Gasteiger partial charge on any atom is 0.279 e. The zero-order valence-electron chi connectivity index (χ0n) is 13.9. The van der Waals surface area contributed by atoms with E-state index in [1.807, 2.05) is 6.07 Å². The summed E-state index contributed by atoms with van der Waals surface area (Å²) in [4.78, 5) is 28.8. The van der Waals surface area contributed by atoms with Gasteiger partial charge in [-0.2, -0.15) is 0 Å². The van der Waals surface area contributed by atoms with Crippen LogP contribution < -0.4 is 10.2 Å². The number of hydrogen-bond acceptors (Lipinski definition) is 5. The highest BCUT2D eigenvalue weighted by molar-refractivity contribution is 6.02. The molecule has 26 heavy (non-hydrogen) atoms. The Morgan fingerprint density at radius 2 is 2.04 bits per heavy atom. The van der Waals surface area contributed by atoms with E-state index in [9.17, 15) is 19.3 Å². The molecule has 1 fully saturated rings. The third-order valence-electron chi connectivity index (χ3n) is 4.05. The first kappa shape index (κ1) is 17.5. The second-order valence-corrected chi connectivity index (χ2v) is 5.88. The summed E-state index contributed by atoms with van der Waals surface area (Å²) in [6, 6.07) is 6.77. The topological polar surface area (TPSA) is 88.4 Å². The van der Waals surface area contributed by atoms with Crippen molar-refractivity contribution >= 4 is 29.2 Å². The van der Waals surface area contributed by atoms with Gasteiger partial charge in [-0.15, -0.1) is 0 Å². The molecule has 0 radical (unpaired) electrons. The number of halogens is 1. The second-order valence-electron chi connectivity index (χ2n) is 5.88. The van der Waals surface area contributed by atoms with Crippen molar-refractivity contribution in [3.8, 4) is 0 Å². The Labute approximate surface area is 149 Å². The van der Waals surface area contributed by atoms with E-state index in [0.717, 1.165) is 50.0 Å². The molecule has 3 rings (SSSR count). The molecule has 1 saturated heterocycles. The molecular formula is C18H17FN4O3. The van der Waals surface area contributed by atoms with E-state index in [2.05, 4.69) is 15.2 Å². The number of benzene rings is 1. The number of rotatable bonds is 5. The molecule has 0 spiro atoms. The normalized spacial score (nSPS) is 14.0. The van der Waals surface area contributed by atoms with E-state index in [1.165, 1.54) is 12.1 Å². The van der Waals surface area contributed by atoms with Crippen LogP contribution in [0.15, 0.2) is 42.6 Å². The van der Waals surface area contributed by atoms with Gasteiger partial charge in [0.1, 0.15) is 11.6 Å². The van der Waals surface area contributed by atoms with Crippen LogP contribution in [0.5, 0.6) is 0 Å². The van der Waals surface area contributed by atoms with Gasteiger partial charge in [-0.25, -0.2) is 9.37 Å². The number of nitro groups is 1. The van der Waals surface area contributed by atoms with Gasteiger partial charge >= 0.3 is 0 Å². The van der Waals surface area contributed by atoms with Crippen molar-refractivity contribution in [1.82, 2.24) is 4.98 Å². The number of aromatic nitrogens is 1. The van der Waals surface area contributed by atoms with Crippen molar-refractivity contribution in [2.45, 2.75) is 12.8 Å². The molecule has 0 unspecified atom stereocenters. The van der Waals surface area contributed by atoms with Gasteiger partial charge in [-0.05, 0) is 43.2 Å². The van der Waals surface area contributed by atoms with Crippen molar-refractivity contribution in [2.75, 3.05) is 23.3 Å². The van der Waals surface area contributed by atoms with Crippen LogP contribution in [0.25, 0.3) is 6.08 Å². The standard InChI is InChI=1S/C18H17FN4O3/c19-14-5-3-13(16(11-14)23(25)26)4-8-18(24)21-15-6-7-17(20-12-15)22-9-1-2-10-22/h3-8,11-12H,1-2,9-10H2,(H,21,24). The summed E-state index contributed by atoms with van der Waals surface area (Å²) in [6.07, 6.45) is 6.31. The Bertz CT molecular complexity index is 846. The molecule has 2 heterocycles. The van der Waals surface area contributed by atoms with Gasteiger partial charge in [0, 0.05) is 19.2 Å². The van der Waals surface area contributed by atoms with Gasteiger partial charge in [-0.1, -0.05) is 0 Å². The van der Waals surface area contributed by atoms with Gasteiger partial charge in [0.25, 0.3) is 5.69 Å². The number of nitrogens with one attached hydrogen (secondary N) is 1. The summed E-state index contributed by atoms with van der Waals surface area (Å²) in [6.45, 7) is 1.97. The van der Waals surface area contributed by atoms with Crippen molar-refractivity contribution in [3.05, 3.63) is 64.1 Å². The first-order valence-corrected chi connectivity index (χ1v) is 8.17. The van der Waals surface area contributed by atoms with E-state index in [0.29, 0.717) is 5.69 Å². The fraction of sp³-hybridized carbons (Fsp3) is 0.222. The Morgan fingerprint density at radius 3 is 2.69 bits per heavy atom. The van der Waals surface area contributed by atoms with Gasteiger partial charge in [0.15, 0.2) is 0 Å². The monoisotopic (exact) mass is 356 g/mol. The van der Waals surface area contributed by atoms with Crippen LogP contribution in [0.1, 0.15) is 18.4 Å². The van der Waals surface area contributed by atoms with Crippen LogP contribution >= 0.6 is 0 Å². The summed E-state index contributed by atoms with van der Waals surface area (Å²) in [5, 5.41) is 13.6. The zero-order chi connectivity index (χ0) is 18.5. The number of amides is 1. The molecule has 0 atom stereocenters. The number of anilines is 2. The number of hydrogen-bond donors (Lipinski definition) is 1. The summed E-state index contributed by atoms with van der Waals surface area (Å²) < 4.78 is 13.1. The molecule has 0 saturated carbocycles. The van der Waals surface area contributed by atoms with E-state index < -0.39 is 22.3 Å². The van der Waals surface area contributed by atoms with E-state index in [1.54, 1.807) is 12.3 Å². The minimum atomic E-state index is -0.706. The van der Waals surface area contributed by atoms with Crippen molar-refractivity contribution in [1.29, 1.82) is 0 Å². The molecule has 0 aliphatic carbocycles. The molecule has 1 N–H and O–H groups in total. The average Bonchev–Trinajstić information content (AvgIpc) is 3.16. The third kappa shape index (κ3) is 4.21. The fourth-order valence-electron chi connectivity index (χ4n) is 2.76. The van der Waals surface area contributed by atoms with Gasteiger partial charge < -0.3 is 10.2 Å². The van der Waals surface area contributed by atoms with Crippen LogP contribution in [-0.2, 0) is 4.79 Å². The maximum atomic E-state index is 13.1. The van der Waals surface area contributed by atoms with Crippen LogP contribution in [0.4, 0.5) is 21.6 Å². The highest BCUT2D eigenvalue weighted by Gasteiger charge is 2.14. The molecule has 1 aromatic heterocycles. The van der Waals surface area contributed by atoms with E-state index >= 15 is 0 Å². The Morgan fingerprint density at radius 1 is 1.27 bits per heavy atom. The van der Waals surface area contributed by atoms with Crippen molar-refractivity contribution in [3.63, 3.8) is 0 Å². The maximum absolute atomic E-state index is 13.1. The molecule has 7 nitrogen and oxygen atoms in total. The molecule has 1 aliphatic rings. The number of nitrogens with zero attached hydrogens (tertiary/aromatic N) is 3. The first-order chi connectivity index (χ1) is 12.5. The van der Waals surface area contributed by atoms with Crippen LogP contribution in [-0.4, -0.2) is 28.9 Å². The van der Waals surface area contributed by atoms with Gasteiger partial charge in [0.2, 0.25) is 5.91 Å². The summed E-state index contributed by atoms with van der Waals surface area (Å²) in [7, 11) is 0. The van der Waals surface area contributed by atoms with Crippen molar-refractivity contribution < 1.29 is 14.1 Å². The minimum absolute atomic E-state index is 0.147. The van der Waals surface area contributed by atoms with Gasteiger partial charge in [-0.3, -0.25) is 14.9 Å². The molecule has 8 heteroatoms. The highest BCUT2D eigenvalue weighted by Crippen LogP contribution is 2.21. The summed E-state index contributed by atoms with van der Waals surface area (Å²) in [5.74, 6) is -0.292. The van der Waals surface area contributed by atoms with Crippen LogP contribution in [0, 0.1) is 15.9 Å². The SMILES string of the molecule is O=C(C=Cc1ccc(F)cc1[N+](=O)[O-])Nc1ccc(N2CCCC2)nc1. The summed E-state index contributed by atoms with van der Waals surface area (Å²) in [5.41, 5.74) is 0.274. The Kier molecular flexibility index (Phi) is 5.21. The largest absolute Gasteiger partial charge is 0.357 e. The second kappa shape index (κ2) is 7.73. The molecule has 134 valence electrons. The minimum Gasteiger partial charge on any atom is -0.357 e. The van der Waals surface area contributed by atoms with Crippen molar-refractivity contribution in [2.24, 2.45) is 0 Å². The Balaban J connectivity index is 1.65. The third-order valence-corrected chi connectivity index (χ3v) is 4.05. The summed E-state index contributed by atoms with van der Waals surface area (Å²) >= 11 is 0. The molecule has 0 bridgehead atoms. The Hall–Kier alpha value is -3.29. The number of pyridine rings is 1. The highest BCUT2D eigenvalue weighted by atomic mass is 19.1. The molecular weight excluding hydrogens is 339 g/mol. The zero-order valence-corrected chi connectivity index (χ0v) is 13.9. The number of carbonyl (C=O) groups excluding carboxylic acids is 1. The van der Waals surface area contributed by atoms with E-state index in [-0.39, 0.29) is 5.56 Å². The lowest BCUT2D eigenvalue weighted by molar-refractivity contribution is -0.385. The van der Waals surface area contributed by atoms with Crippen LogP contribution in [0.2, 0.25) is 0 Å². The predicted octanol–water partition coefficient (Wildman–Crippen LogP) is 3.38.